The molecule has 1 aromatic heterocycles. The molecule has 0 spiro atoms. The smallest absolute Gasteiger partial charge is 0.323 e. The van der Waals surface area contributed by atoms with Crippen molar-refractivity contribution in [3.05, 3.63) is 5.82 Å². The van der Waals surface area contributed by atoms with Crippen molar-refractivity contribution in [3.63, 3.8) is 0 Å². The summed E-state index contributed by atoms with van der Waals surface area (Å²) in [6.07, 6.45) is 7.59. The molecule has 2 heterocycles. The number of aromatic nitrogens is 4. The zero-order valence-corrected chi connectivity index (χ0v) is 18.1. The Hall–Kier alpha value is -2.03. The number of nitrogens with one attached hydrogen (secondary N) is 2. The number of esters is 2. The molecule has 3 rings (SSSR count). The number of unbranched alkanes of at least 4 members (excludes halogenated alkanes) is 1. The van der Waals surface area contributed by atoms with E-state index in [1.165, 1.54) is 13.3 Å². The Morgan fingerprint density at radius 2 is 2.13 bits per heavy atom. The third-order valence-electron chi connectivity index (χ3n) is 6.32. The molecule has 0 aromatic carbocycles. The lowest BCUT2D eigenvalue weighted by Crippen LogP contribution is -2.50. The van der Waals surface area contributed by atoms with Crippen LogP contribution in [0, 0.1) is 17.8 Å². The van der Waals surface area contributed by atoms with E-state index in [2.05, 4.69) is 25.9 Å². The van der Waals surface area contributed by atoms with E-state index in [1.807, 2.05) is 6.92 Å². The van der Waals surface area contributed by atoms with Crippen LogP contribution in [0.25, 0.3) is 0 Å². The number of aromatic amines is 1. The molecule has 0 amide bonds. The molecule has 2 fully saturated rings. The van der Waals surface area contributed by atoms with E-state index >= 15 is 0 Å². The maximum atomic E-state index is 12.8. The Morgan fingerprint density at radius 1 is 1.27 bits per heavy atom. The molecule has 2 aliphatic rings. The highest BCUT2D eigenvalue weighted by molar-refractivity contribution is 5.76. The second-order valence-electron chi connectivity index (χ2n) is 8.68. The number of piperidine rings is 1. The fraction of sp³-hybridized carbons (Fsp3) is 0.857. The molecule has 30 heavy (non-hydrogen) atoms. The Morgan fingerprint density at radius 3 is 2.90 bits per heavy atom. The van der Waals surface area contributed by atoms with Crippen molar-refractivity contribution in [3.8, 4) is 0 Å². The van der Waals surface area contributed by atoms with Gasteiger partial charge in [-0.1, -0.05) is 11.6 Å². The van der Waals surface area contributed by atoms with Crippen molar-refractivity contribution in [2.24, 2.45) is 17.8 Å². The first-order valence-corrected chi connectivity index (χ1v) is 11.2. The zero-order valence-electron chi connectivity index (χ0n) is 19.1. The van der Waals surface area contributed by atoms with Gasteiger partial charge in [0.1, 0.15) is 6.02 Å². The summed E-state index contributed by atoms with van der Waals surface area (Å²) in [6, 6.07) is -1.37. The molecular weight excluding hydrogens is 386 g/mol. The molecule has 168 valence electrons. The molecular formula is C21H35N5O4. The summed E-state index contributed by atoms with van der Waals surface area (Å²) in [5.41, 5.74) is 0. The van der Waals surface area contributed by atoms with Gasteiger partial charge in [-0.05, 0) is 76.2 Å². The minimum Gasteiger partial charge on any atom is -0.466 e. The monoisotopic (exact) mass is 422 g/mol. The number of ether oxygens (including phenoxy) is 2. The van der Waals surface area contributed by atoms with Gasteiger partial charge >= 0.3 is 11.9 Å². The second-order valence-corrected chi connectivity index (χ2v) is 8.68. The quantitative estimate of drug-likeness (QED) is 0.435. The summed E-state index contributed by atoms with van der Waals surface area (Å²) in [6.45, 7) is 4.32. The Labute approximate surface area is 179 Å². The molecule has 1 aliphatic heterocycles. The molecule has 0 unspecified atom stereocenters. The van der Waals surface area contributed by atoms with Gasteiger partial charge < -0.3 is 14.8 Å². The summed E-state index contributed by atoms with van der Waals surface area (Å²) in [7, 11) is 0. The number of hydrogen-bond acceptors (Lipinski definition) is 8. The van der Waals surface area contributed by atoms with Crippen LogP contribution in [0.4, 0.5) is 0 Å². The third kappa shape index (κ3) is 7.04. The molecule has 1 saturated carbocycles. The first-order valence-electron chi connectivity index (χ1n) is 11.7. The standard InChI is InChI=1S/C21H35N5O4/c1-14(5-3-4-10-29-15(2)27)30-21(28)19-12-18-11-16(6-8-17(18)13-22-19)7-9-20-23-25-26-24-20/h14,16-19,22H,3-13H2,1-2H3,(H,23,24,25,26)/t14-,16+,17-,18+,19-/m0/s1/i19D. The van der Waals surface area contributed by atoms with E-state index in [1.54, 1.807) is 0 Å². The number of carbonyl (C=O) groups is 2. The summed E-state index contributed by atoms with van der Waals surface area (Å²) >= 11 is 0. The SMILES string of the molecule is [2H][C@@]1(C(=O)O[C@@H](C)CCCCOC(C)=O)C[C@H]2C[C@@H](CCc3nn[nH]n3)CC[C@H]2CN1. The van der Waals surface area contributed by atoms with Crippen molar-refractivity contribution in [1.82, 2.24) is 25.9 Å². The predicted octanol–water partition coefficient (Wildman–Crippen LogP) is 2.19. The van der Waals surface area contributed by atoms with E-state index in [4.69, 9.17) is 10.8 Å². The van der Waals surface area contributed by atoms with E-state index < -0.39 is 12.0 Å². The van der Waals surface area contributed by atoms with E-state index in [0.29, 0.717) is 43.7 Å². The van der Waals surface area contributed by atoms with Crippen LogP contribution in [0.5, 0.6) is 0 Å². The number of carbonyl (C=O) groups excluding carboxylic acids is 2. The lowest BCUT2D eigenvalue weighted by atomic mass is 9.69. The first kappa shape index (κ1) is 21.2. The van der Waals surface area contributed by atoms with Gasteiger partial charge in [-0.3, -0.25) is 9.59 Å². The van der Waals surface area contributed by atoms with Crippen LogP contribution >= 0.6 is 0 Å². The van der Waals surface area contributed by atoms with Crippen LogP contribution < -0.4 is 5.32 Å². The van der Waals surface area contributed by atoms with Gasteiger partial charge in [0.05, 0.1) is 14.1 Å². The Bertz CT molecular complexity index is 719. The normalized spacial score (nSPS) is 30.1. The van der Waals surface area contributed by atoms with Gasteiger partial charge in [-0.15, -0.1) is 10.2 Å². The molecule has 9 heteroatoms. The first-order chi connectivity index (χ1) is 14.9. The van der Waals surface area contributed by atoms with Crippen LogP contribution in [-0.2, 0) is 25.5 Å². The fourth-order valence-corrected chi connectivity index (χ4v) is 4.63. The maximum Gasteiger partial charge on any atom is 0.323 e. The number of nitrogens with zero attached hydrogens (tertiary/aromatic N) is 3. The molecule has 0 radical (unpaired) electrons. The fourth-order valence-electron chi connectivity index (χ4n) is 4.63. The van der Waals surface area contributed by atoms with Gasteiger partial charge in [0.25, 0.3) is 0 Å². The minimum atomic E-state index is -1.37. The number of aryl methyl sites for hydroxylation is 1. The van der Waals surface area contributed by atoms with Crippen LogP contribution in [0.15, 0.2) is 0 Å². The van der Waals surface area contributed by atoms with Crippen LogP contribution in [-0.4, -0.2) is 57.8 Å². The topological polar surface area (TPSA) is 119 Å². The molecule has 9 nitrogen and oxygen atoms in total. The number of hydrogen-bond donors (Lipinski definition) is 2. The van der Waals surface area contributed by atoms with Gasteiger partial charge in [0.2, 0.25) is 0 Å². The third-order valence-corrected chi connectivity index (χ3v) is 6.32. The zero-order chi connectivity index (χ0) is 22.3. The number of H-pyrrole nitrogens is 1. The van der Waals surface area contributed by atoms with Crippen molar-refractivity contribution in [1.29, 1.82) is 0 Å². The average Bonchev–Trinajstić information content (AvgIpc) is 3.25. The number of tetrazole rings is 1. The molecule has 1 saturated heterocycles. The van der Waals surface area contributed by atoms with Crippen LogP contribution in [0.1, 0.15) is 72.4 Å². The number of fused-ring (bicyclic) bond motifs is 1. The van der Waals surface area contributed by atoms with Gasteiger partial charge in [-0.25, -0.2) is 0 Å². The van der Waals surface area contributed by atoms with Gasteiger partial charge in [-0.2, -0.15) is 5.21 Å². The predicted molar refractivity (Wildman–Crippen MR) is 109 cm³/mol. The molecule has 1 aromatic rings. The van der Waals surface area contributed by atoms with Gasteiger partial charge in [0, 0.05) is 13.3 Å². The van der Waals surface area contributed by atoms with E-state index in [-0.39, 0.29) is 12.1 Å². The summed E-state index contributed by atoms with van der Waals surface area (Å²) in [5, 5.41) is 17.3. The van der Waals surface area contributed by atoms with Crippen LogP contribution in [0.2, 0.25) is 0 Å². The van der Waals surface area contributed by atoms with Gasteiger partial charge in [0.15, 0.2) is 5.82 Å². The van der Waals surface area contributed by atoms with E-state index in [0.717, 1.165) is 44.3 Å². The minimum absolute atomic E-state index is 0.263. The molecule has 1 aliphatic carbocycles. The largest absolute Gasteiger partial charge is 0.466 e. The van der Waals surface area contributed by atoms with Crippen molar-refractivity contribution < 1.29 is 20.4 Å². The molecule has 2 N–H and O–H groups in total. The molecule has 5 atom stereocenters. The Balaban J connectivity index is 1.42. The van der Waals surface area contributed by atoms with Crippen molar-refractivity contribution >= 4 is 11.9 Å². The maximum absolute atomic E-state index is 12.8. The van der Waals surface area contributed by atoms with E-state index in [9.17, 15) is 9.59 Å². The number of rotatable bonds is 10. The highest BCUT2D eigenvalue weighted by atomic mass is 16.5. The molecule has 0 bridgehead atoms. The van der Waals surface area contributed by atoms with Crippen LogP contribution in [0.3, 0.4) is 0 Å². The second kappa shape index (κ2) is 11.4. The highest BCUT2D eigenvalue weighted by Crippen LogP contribution is 2.40. The summed E-state index contributed by atoms with van der Waals surface area (Å²) in [4.78, 5) is 23.6. The highest BCUT2D eigenvalue weighted by Gasteiger charge is 2.38. The van der Waals surface area contributed by atoms with Crippen molar-refractivity contribution in [2.75, 3.05) is 13.2 Å². The Kier molecular flexibility index (Phi) is 8.05. The summed E-state index contributed by atoms with van der Waals surface area (Å²) in [5.74, 6) is 1.42. The van der Waals surface area contributed by atoms with Crippen molar-refractivity contribution in [2.45, 2.75) is 83.8 Å². The average molecular weight is 423 g/mol. The lowest BCUT2D eigenvalue weighted by Gasteiger charge is -2.42. The lowest BCUT2D eigenvalue weighted by molar-refractivity contribution is -0.153. The summed E-state index contributed by atoms with van der Waals surface area (Å²) < 4.78 is 19.3.